The van der Waals surface area contributed by atoms with Crippen LogP contribution >= 0.6 is 11.6 Å². The van der Waals surface area contributed by atoms with Crippen LogP contribution < -0.4 is 10.1 Å². The summed E-state index contributed by atoms with van der Waals surface area (Å²) in [5.74, 6) is 1.52. The molecule has 0 aliphatic heterocycles. The monoisotopic (exact) mass is 341 g/mol. The van der Waals surface area contributed by atoms with Gasteiger partial charge in [-0.1, -0.05) is 23.7 Å². The number of methoxy groups -OCH3 is 1. The molecular formula is C19H16ClNO3. The summed E-state index contributed by atoms with van der Waals surface area (Å²) in [4.78, 5) is 12.6. The van der Waals surface area contributed by atoms with Gasteiger partial charge in [-0.05, 0) is 49.4 Å². The van der Waals surface area contributed by atoms with Gasteiger partial charge in [-0.3, -0.25) is 4.79 Å². The number of benzene rings is 2. The van der Waals surface area contributed by atoms with Gasteiger partial charge in [-0.25, -0.2) is 0 Å². The highest BCUT2D eigenvalue weighted by Gasteiger charge is 2.17. The van der Waals surface area contributed by atoms with Crippen LogP contribution in [0.4, 0.5) is 5.69 Å². The molecule has 1 amide bonds. The molecule has 2 aromatic carbocycles. The fourth-order valence-corrected chi connectivity index (χ4v) is 2.53. The summed E-state index contributed by atoms with van der Waals surface area (Å²) in [5, 5.41) is 3.50. The smallest absolute Gasteiger partial charge is 0.259 e. The van der Waals surface area contributed by atoms with Gasteiger partial charge in [0.2, 0.25) is 0 Å². The molecule has 0 fully saturated rings. The van der Waals surface area contributed by atoms with E-state index in [0.717, 1.165) is 5.56 Å². The van der Waals surface area contributed by atoms with Crippen molar-refractivity contribution in [2.45, 2.75) is 6.92 Å². The van der Waals surface area contributed by atoms with E-state index in [-0.39, 0.29) is 5.91 Å². The average molecular weight is 342 g/mol. The first kappa shape index (κ1) is 16.1. The number of aryl methyl sites for hydroxylation is 1. The fraction of sp³-hybridized carbons (Fsp3) is 0.105. The third-order valence-corrected chi connectivity index (χ3v) is 3.90. The Kier molecular flexibility index (Phi) is 4.58. The zero-order valence-corrected chi connectivity index (χ0v) is 14.1. The van der Waals surface area contributed by atoms with E-state index in [1.165, 1.54) is 0 Å². The molecule has 0 bridgehead atoms. The van der Waals surface area contributed by atoms with Crippen LogP contribution in [0.15, 0.2) is 59.0 Å². The molecule has 0 spiro atoms. The molecule has 0 aliphatic carbocycles. The van der Waals surface area contributed by atoms with Crippen LogP contribution in [0.3, 0.4) is 0 Å². The Morgan fingerprint density at radius 2 is 1.83 bits per heavy atom. The first-order chi connectivity index (χ1) is 11.6. The molecule has 4 nitrogen and oxygen atoms in total. The van der Waals surface area contributed by atoms with E-state index in [1.54, 1.807) is 44.4 Å². The quantitative estimate of drug-likeness (QED) is 0.712. The summed E-state index contributed by atoms with van der Waals surface area (Å²) >= 11 is 5.90. The third kappa shape index (κ3) is 3.29. The maximum atomic E-state index is 12.6. The molecule has 0 unspecified atom stereocenters. The summed E-state index contributed by atoms with van der Waals surface area (Å²) in [5.41, 5.74) is 1.95. The Hall–Kier alpha value is -2.72. The second kappa shape index (κ2) is 6.81. The minimum atomic E-state index is -0.249. The summed E-state index contributed by atoms with van der Waals surface area (Å²) in [6.45, 7) is 1.76. The number of hydrogen-bond donors (Lipinski definition) is 1. The van der Waals surface area contributed by atoms with Crippen LogP contribution in [0.25, 0.3) is 11.3 Å². The number of ether oxygens (including phenoxy) is 1. The molecular weight excluding hydrogens is 326 g/mol. The Morgan fingerprint density at radius 3 is 2.54 bits per heavy atom. The standard InChI is InChI=1S/C19H16ClNO3/c1-12-15(11-18(24-12)13-7-9-14(20)10-8-13)19(22)21-16-5-3-4-6-17(16)23-2/h3-11H,1-2H3,(H,21,22). The van der Waals surface area contributed by atoms with Gasteiger partial charge in [0.15, 0.2) is 0 Å². The highest BCUT2D eigenvalue weighted by Crippen LogP contribution is 2.28. The van der Waals surface area contributed by atoms with Gasteiger partial charge in [0.05, 0.1) is 18.4 Å². The lowest BCUT2D eigenvalue weighted by Gasteiger charge is -2.09. The Labute approximate surface area is 145 Å². The molecule has 0 aliphatic rings. The molecule has 1 aromatic heterocycles. The largest absolute Gasteiger partial charge is 0.495 e. The van der Waals surface area contributed by atoms with Crippen molar-refractivity contribution < 1.29 is 13.9 Å². The lowest BCUT2D eigenvalue weighted by Crippen LogP contribution is -2.12. The number of hydrogen-bond acceptors (Lipinski definition) is 3. The van der Waals surface area contributed by atoms with Crippen molar-refractivity contribution in [3.63, 3.8) is 0 Å². The topological polar surface area (TPSA) is 51.5 Å². The number of amides is 1. The van der Waals surface area contributed by atoms with Crippen molar-refractivity contribution in [1.29, 1.82) is 0 Å². The number of furan rings is 1. The number of carbonyl (C=O) groups excluding carboxylic acids is 1. The van der Waals surface area contributed by atoms with E-state index in [4.69, 9.17) is 20.8 Å². The summed E-state index contributed by atoms with van der Waals surface area (Å²) < 4.78 is 11.0. The maximum absolute atomic E-state index is 12.6. The predicted molar refractivity (Wildman–Crippen MR) is 94.8 cm³/mol. The summed E-state index contributed by atoms with van der Waals surface area (Å²) in [6, 6.07) is 16.2. The lowest BCUT2D eigenvalue weighted by atomic mass is 10.1. The molecule has 0 saturated carbocycles. The SMILES string of the molecule is COc1ccccc1NC(=O)c1cc(-c2ccc(Cl)cc2)oc1C. The number of rotatable bonds is 4. The van der Waals surface area contributed by atoms with Crippen LogP contribution in [0, 0.1) is 6.92 Å². The number of para-hydroxylation sites is 2. The predicted octanol–water partition coefficient (Wildman–Crippen LogP) is 5.17. The van der Waals surface area contributed by atoms with Gasteiger partial charge < -0.3 is 14.5 Å². The van der Waals surface area contributed by atoms with Crippen molar-refractivity contribution in [2.75, 3.05) is 12.4 Å². The zero-order valence-electron chi connectivity index (χ0n) is 13.3. The van der Waals surface area contributed by atoms with Gasteiger partial charge in [-0.2, -0.15) is 0 Å². The van der Waals surface area contributed by atoms with Crippen molar-refractivity contribution in [1.82, 2.24) is 0 Å². The molecule has 122 valence electrons. The normalized spacial score (nSPS) is 10.5. The Morgan fingerprint density at radius 1 is 1.12 bits per heavy atom. The summed E-state index contributed by atoms with van der Waals surface area (Å²) in [6.07, 6.45) is 0. The Bertz CT molecular complexity index is 869. The molecule has 1 N–H and O–H groups in total. The van der Waals surface area contributed by atoms with E-state index in [2.05, 4.69) is 5.32 Å². The molecule has 0 radical (unpaired) electrons. The van der Waals surface area contributed by atoms with Crippen LogP contribution in [0.1, 0.15) is 16.1 Å². The summed E-state index contributed by atoms with van der Waals surface area (Å²) in [7, 11) is 1.56. The number of halogens is 1. The first-order valence-electron chi connectivity index (χ1n) is 7.39. The number of nitrogens with one attached hydrogen (secondary N) is 1. The van der Waals surface area contributed by atoms with Crippen molar-refractivity contribution >= 4 is 23.2 Å². The minimum absolute atomic E-state index is 0.249. The van der Waals surface area contributed by atoms with Crippen LogP contribution in [-0.2, 0) is 0 Å². The molecule has 3 rings (SSSR count). The maximum Gasteiger partial charge on any atom is 0.259 e. The van der Waals surface area contributed by atoms with E-state index in [1.807, 2.05) is 24.3 Å². The highest BCUT2D eigenvalue weighted by molar-refractivity contribution is 6.30. The van der Waals surface area contributed by atoms with E-state index >= 15 is 0 Å². The van der Waals surface area contributed by atoms with Gasteiger partial charge in [-0.15, -0.1) is 0 Å². The van der Waals surface area contributed by atoms with Crippen LogP contribution in [0.5, 0.6) is 5.75 Å². The van der Waals surface area contributed by atoms with Crippen LogP contribution in [-0.4, -0.2) is 13.0 Å². The first-order valence-corrected chi connectivity index (χ1v) is 7.77. The fourth-order valence-electron chi connectivity index (χ4n) is 2.40. The number of carbonyl (C=O) groups is 1. The van der Waals surface area contributed by atoms with Crippen molar-refractivity contribution in [3.05, 3.63) is 70.9 Å². The van der Waals surface area contributed by atoms with Gasteiger partial charge >= 0.3 is 0 Å². The van der Waals surface area contributed by atoms with E-state index in [0.29, 0.717) is 33.5 Å². The highest BCUT2D eigenvalue weighted by atomic mass is 35.5. The van der Waals surface area contributed by atoms with Crippen molar-refractivity contribution in [3.8, 4) is 17.1 Å². The molecule has 5 heteroatoms. The Balaban J connectivity index is 1.87. The lowest BCUT2D eigenvalue weighted by molar-refractivity contribution is 0.102. The van der Waals surface area contributed by atoms with Crippen LogP contribution in [0.2, 0.25) is 5.02 Å². The molecule has 24 heavy (non-hydrogen) atoms. The second-order valence-corrected chi connectivity index (χ2v) is 5.68. The van der Waals surface area contributed by atoms with Gasteiger partial charge in [0.25, 0.3) is 5.91 Å². The zero-order chi connectivity index (χ0) is 17.1. The molecule has 0 atom stereocenters. The van der Waals surface area contributed by atoms with E-state index in [9.17, 15) is 4.79 Å². The minimum Gasteiger partial charge on any atom is -0.495 e. The third-order valence-electron chi connectivity index (χ3n) is 3.65. The van der Waals surface area contributed by atoms with Crippen molar-refractivity contribution in [2.24, 2.45) is 0 Å². The molecule has 1 heterocycles. The van der Waals surface area contributed by atoms with Gasteiger partial charge in [0.1, 0.15) is 17.3 Å². The molecule has 3 aromatic rings. The molecule has 0 saturated heterocycles. The van der Waals surface area contributed by atoms with Gasteiger partial charge in [0, 0.05) is 10.6 Å². The average Bonchev–Trinajstić information content (AvgIpc) is 2.98. The van der Waals surface area contributed by atoms with E-state index < -0.39 is 0 Å². The number of anilines is 1. The second-order valence-electron chi connectivity index (χ2n) is 5.24.